The molecule has 6 nitrogen and oxygen atoms in total. The van der Waals surface area contributed by atoms with Gasteiger partial charge >= 0.3 is 0 Å². The van der Waals surface area contributed by atoms with E-state index in [4.69, 9.17) is 0 Å². The fourth-order valence-electron chi connectivity index (χ4n) is 7.34. The van der Waals surface area contributed by atoms with Crippen molar-refractivity contribution in [2.45, 2.75) is 83.1 Å². The van der Waals surface area contributed by atoms with E-state index >= 15 is 0 Å². The largest absolute Gasteiger partial charge is 0.343 e. The number of aryl methyl sites for hydroxylation is 9. The normalized spacial score (nSPS) is 10.5. The molecule has 0 aliphatic heterocycles. The number of hydrogen-bond donors (Lipinski definition) is 0. The van der Waals surface area contributed by atoms with Gasteiger partial charge in [0, 0.05) is 78.2 Å². The number of fused-ring (bicyclic) bond motifs is 9. The summed E-state index contributed by atoms with van der Waals surface area (Å²) in [5, 5.41) is 7.69. The monoisotopic (exact) mass is 720 g/mol. The molecule has 0 radical (unpaired) electrons. The number of nitrogens with zero attached hydrogens (tertiary/aromatic N) is 6. The van der Waals surface area contributed by atoms with Crippen molar-refractivity contribution in [1.29, 1.82) is 0 Å². The van der Waals surface area contributed by atoms with Crippen LogP contribution in [0.25, 0.3) is 65.5 Å². The van der Waals surface area contributed by atoms with Crippen LogP contribution in [0.4, 0.5) is 0 Å². The molecule has 0 aliphatic carbocycles. The Balaban J connectivity index is 0.000000169. The van der Waals surface area contributed by atoms with Gasteiger partial charge in [0.2, 0.25) is 0 Å². The first-order valence-electron chi connectivity index (χ1n) is 19.5. The lowest BCUT2D eigenvalue weighted by molar-refractivity contribution is 0.983. The van der Waals surface area contributed by atoms with Gasteiger partial charge in [0.1, 0.15) is 5.65 Å². The van der Waals surface area contributed by atoms with Gasteiger partial charge in [0.05, 0.1) is 33.8 Å². The van der Waals surface area contributed by atoms with Crippen LogP contribution in [0.5, 0.6) is 0 Å². The van der Waals surface area contributed by atoms with Crippen LogP contribution < -0.4 is 0 Å². The number of pyridine rings is 3. The molecular weight excluding hydrogens is 661 g/mol. The van der Waals surface area contributed by atoms with Crippen LogP contribution in [0, 0.1) is 41.5 Å². The summed E-state index contributed by atoms with van der Waals surface area (Å²) in [5.41, 5.74) is 15.5. The molecule has 0 amide bonds. The first-order chi connectivity index (χ1) is 26.1. The maximum atomic E-state index is 4.45. The molecule has 0 saturated heterocycles. The molecule has 9 rings (SSSR count). The molecular formula is C48H60N6. The van der Waals surface area contributed by atoms with E-state index in [1.165, 1.54) is 93.3 Å². The highest BCUT2D eigenvalue weighted by atomic mass is 15.0. The van der Waals surface area contributed by atoms with Gasteiger partial charge in [0.25, 0.3) is 0 Å². The summed E-state index contributed by atoms with van der Waals surface area (Å²) in [6.07, 6.45) is 9.44. The Morgan fingerprint density at radius 2 is 0.833 bits per heavy atom. The van der Waals surface area contributed by atoms with Crippen molar-refractivity contribution in [3.63, 3.8) is 0 Å². The maximum absolute atomic E-state index is 4.45. The minimum absolute atomic E-state index is 1.06. The smallest absolute Gasteiger partial charge is 0.140 e. The molecule has 6 aromatic heterocycles. The Morgan fingerprint density at radius 1 is 0.389 bits per heavy atom. The van der Waals surface area contributed by atoms with E-state index in [-0.39, 0.29) is 0 Å². The van der Waals surface area contributed by atoms with Crippen molar-refractivity contribution in [1.82, 2.24) is 28.7 Å². The lowest BCUT2D eigenvalue weighted by Gasteiger charge is -2.04. The molecule has 6 heterocycles. The molecule has 0 saturated carbocycles. The molecule has 282 valence electrons. The Hall–Kier alpha value is -5.49. The SMILES string of the molecule is CC.CC.CC.Cc1ccc2c3cccnc3n(C)c2c1C.Cc1ccc2c3ccncc3n(C)c2c1C.Cc1ccc2c3cnccc3n(C)c2c1C. The summed E-state index contributed by atoms with van der Waals surface area (Å²) in [6.45, 7) is 25.0. The highest BCUT2D eigenvalue weighted by Crippen LogP contribution is 2.33. The van der Waals surface area contributed by atoms with Crippen molar-refractivity contribution < 1.29 is 0 Å². The van der Waals surface area contributed by atoms with Gasteiger partial charge in [-0.25, -0.2) is 4.98 Å². The number of rotatable bonds is 0. The van der Waals surface area contributed by atoms with Crippen molar-refractivity contribution in [2.24, 2.45) is 21.1 Å². The Bertz CT molecular complexity index is 2370. The fraction of sp³-hybridized carbons (Fsp3) is 0.312. The Morgan fingerprint density at radius 3 is 1.39 bits per heavy atom. The summed E-state index contributed by atoms with van der Waals surface area (Å²) in [5.74, 6) is 0. The minimum Gasteiger partial charge on any atom is -0.343 e. The van der Waals surface area contributed by atoms with Gasteiger partial charge in [-0.3, -0.25) is 9.97 Å². The van der Waals surface area contributed by atoms with E-state index in [0.29, 0.717) is 0 Å². The van der Waals surface area contributed by atoms with Gasteiger partial charge in [0.15, 0.2) is 0 Å². The lowest BCUT2D eigenvalue weighted by Crippen LogP contribution is -1.92. The highest BCUT2D eigenvalue weighted by molar-refractivity contribution is 6.10. The van der Waals surface area contributed by atoms with Gasteiger partial charge in [-0.1, -0.05) is 77.9 Å². The van der Waals surface area contributed by atoms with Gasteiger partial charge < -0.3 is 13.7 Å². The molecule has 0 aliphatic rings. The van der Waals surface area contributed by atoms with Crippen LogP contribution in [-0.4, -0.2) is 28.7 Å². The average molecular weight is 721 g/mol. The molecule has 3 aromatic carbocycles. The van der Waals surface area contributed by atoms with Crippen LogP contribution >= 0.6 is 0 Å². The van der Waals surface area contributed by atoms with Gasteiger partial charge in [-0.2, -0.15) is 0 Å². The van der Waals surface area contributed by atoms with E-state index in [2.05, 4.69) is 146 Å². The number of aromatic nitrogens is 6. The third kappa shape index (κ3) is 7.35. The zero-order chi connectivity index (χ0) is 39.9. The molecule has 0 spiro atoms. The molecule has 6 heteroatoms. The van der Waals surface area contributed by atoms with Crippen LogP contribution in [0.15, 0.2) is 91.6 Å². The second-order valence-corrected chi connectivity index (χ2v) is 13.0. The average Bonchev–Trinajstić information content (AvgIpc) is 3.80. The summed E-state index contributed by atoms with van der Waals surface area (Å²) >= 11 is 0. The Kier molecular flexibility index (Phi) is 13.8. The zero-order valence-corrected chi connectivity index (χ0v) is 35.3. The van der Waals surface area contributed by atoms with Crippen molar-refractivity contribution in [2.75, 3.05) is 0 Å². The molecule has 0 unspecified atom stereocenters. The predicted octanol–water partition coefficient (Wildman–Crippen LogP) is 13.1. The van der Waals surface area contributed by atoms with E-state index in [9.17, 15) is 0 Å². The summed E-state index contributed by atoms with van der Waals surface area (Å²) in [6, 6.07) is 21.5. The molecule has 54 heavy (non-hydrogen) atoms. The molecule has 0 N–H and O–H groups in total. The Labute approximate surface area is 322 Å². The first kappa shape index (κ1) is 41.3. The summed E-state index contributed by atoms with van der Waals surface area (Å²) in [7, 11) is 6.32. The molecule has 0 atom stereocenters. The van der Waals surface area contributed by atoms with E-state index < -0.39 is 0 Å². The van der Waals surface area contributed by atoms with Gasteiger partial charge in [-0.05, 0) is 99.2 Å². The third-order valence-corrected chi connectivity index (χ3v) is 10.4. The maximum Gasteiger partial charge on any atom is 0.140 e. The van der Waals surface area contributed by atoms with Crippen LogP contribution in [0.1, 0.15) is 74.9 Å². The number of benzene rings is 3. The predicted molar refractivity (Wildman–Crippen MR) is 237 cm³/mol. The van der Waals surface area contributed by atoms with Crippen molar-refractivity contribution in [3.05, 3.63) is 125 Å². The van der Waals surface area contributed by atoms with Crippen molar-refractivity contribution >= 4 is 65.5 Å². The quantitative estimate of drug-likeness (QED) is 0.157. The first-order valence-corrected chi connectivity index (χ1v) is 19.5. The molecule has 0 fully saturated rings. The lowest BCUT2D eigenvalue weighted by atomic mass is 10.1. The fourth-order valence-corrected chi connectivity index (χ4v) is 7.34. The zero-order valence-electron chi connectivity index (χ0n) is 35.3. The topological polar surface area (TPSA) is 53.5 Å². The minimum atomic E-state index is 1.06. The summed E-state index contributed by atoms with van der Waals surface area (Å²) < 4.78 is 6.68. The highest BCUT2D eigenvalue weighted by Gasteiger charge is 2.13. The van der Waals surface area contributed by atoms with Crippen LogP contribution in [0.3, 0.4) is 0 Å². The van der Waals surface area contributed by atoms with E-state index in [1.54, 1.807) is 0 Å². The number of hydrogen-bond acceptors (Lipinski definition) is 3. The molecule has 9 aromatic rings. The van der Waals surface area contributed by atoms with Crippen molar-refractivity contribution in [3.8, 4) is 0 Å². The summed E-state index contributed by atoms with van der Waals surface area (Å²) in [4.78, 5) is 12.9. The standard InChI is InChI=1S/3C14H14N2.3C2H6/c1-9-4-5-12-11-6-7-15-8-13(11)16(3)14(12)10(9)2;1-9-4-5-11-12-8-15-7-6-13(12)16(3)14(11)10(9)2;1-9-6-7-11-12-5-4-8-15-14(12)16(3)13(11)10(9)2;3*1-2/h3*4-8H,1-3H3;3*1-2H3. The third-order valence-electron chi connectivity index (χ3n) is 10.4. The second kappa shape index (κ2) is 18.0. The van der Waals surface area contributed by atoms with Crippen LogP contribution in [0.2, 0.25) is 0 Å². The van der Waals surface area contributed by atoms with E-state index in [0.717, 1.165) is 5.65 Å². The van der Waals surface area contributed by atoms with E-state index in [1.807, 2.05) is 78.6 Å². The van der Waals surface area contributed by atoms with Crippen LogP contribution in [-0.2, 0) is 21.1 Å². The molecule has 0 bridgehead atoms. The second-order valence-electron chi connectivity index (χ2n) is 13.0. The van der Waals surface area contributed by atoms with Gasteiger partial charge in [-0.15, -0.1) is 0 Å².